The molecule has 1 amide bonds. The van der Waals surface area contributed by atoms with Crippen LogP contribution in [-0.4, -0.2) is 40.6 Å². The monoisotopic (exact) mass is 436 g/mol. The lowest BCUT2D eigenvalue weighted by Crippen LogP contribution is -2.41. The molecule has 3 aromatic rings. The number of rotatable bonds is 6. The molecule has 6 nitrogen and oxygen atoms in total. The summed E-state index contributed by atoms with van der Waals surface area (Å²) in [6.45, 7) is 3.07. The highest BCUT2D eigenvalue weighted by molar-refractivity contribution is 7.08. The summed E-state index contributed by atoms with van der Waals surface area (Å²) in [4.78, 5) is 14.7. The topological polar surface area (TPSA) is 71.3 Å². The lowest BCUT2D eigenvalue weighted by molar-refractivity contribution is -0.122. The van der Waals surface area contributed by atoms with Crippen LogP contribution in [0.25, 0.3) is 11.5 Å². The molecule has 31 heavy (non-hydrogen) atoms. The number of carbonyl (C=O) groups is 1. The Hall–Kier alpha value is -2.51. The highest BCUT2D eigenvalue weighted by Gasteiger charge is 2.27. The predicted molar refractivity (Wildman–Crippen MR) is 121 cm³/mol. The molecule has 1 aliphatic carbocycles. The van der Waals surface area contributed by atoms with Gasteiger partial charge in [-0.2, -0.15) is 11.3 Å². The molecule has 0 bridgehead atoms. The minimum atomic E-state index is 0.138. The quantitative estimate of drug-likeness (QED) is 0.626. The van der Waals surface area contributed by atoms with Gasteiger partial charge in [-0.25, -0.2) is 0 Å². The van der Waals surface area contributed by atoms with Gasteiger partial charge >= 0.3 is 0 Å². The highest BCUT2D eigenvalue weighted by atomic mass is 32.1. The number of hydrogen-bond acceptors (Lipinski definition) is 6. The highest BCUT2D eigenvalue weighted by Crippen LogP contribution is 2.36. The number of nitrogens with zero attached hydrogens (tertiary/aromatic N) is 3. The molecule has 3 heterocycles. The number of thiophene rings is 1. The average molecular weight is 437 g/mol. The van der Waals surface area contributed by atoms with Crippen LogP contribution in [0.1, 0.15) is 48.6 Å². The van der Waals surface area contributed by atoms with E-state index < -0.39 is 0 Å². The Morgan fingerprint density at radius 3 is 2.77 bits per heavy atom. The zero-order valence-electron chi connectivity index (χ0n) is 17.6. The number of hydrogen-bond donors (Lipinski definition) is 1. The van der Waals surface area contributed by atoms with Crippen LogP contribution in [0.4, 0.5) is 0 Å². The van der Waals surface area contributed by atoms with Crippen molar-refractivity contribution in [2.45, 2.75) is 44.6 Å². The summed E-state index contributed by atoms with van der Waals surface area (Å²) in [5.74, 6) is 2.38. The molecule has 1 N–H and O–H groups in total. The van der Waals surface area contributed by atoms with Crippen molar-refractivity contribution in [3.63, 3.8) is 0 Å². The zero-order chi connectivity index (χ0) is 21.0. The maximum absolute atomic E-state index is 12.5. The predicted octanol–water partition coefficient (Wildman–Crippen LogP) is 4.25. The molecular formula is C24H28N4O2S. The number of benzene rings is 1. The normalized spacial score (nSPS) is 21.5. The van der Waals surface area contributed by atoms with E-state index in [1.165, 1.54) is 11.1 Å². The average Bonchev–Trinajstić information content (AvgIpc) is 3.50. The molecule has 5 rings (SSSR count). The summed E-state index contributed by atoms with van der Waals surface area (Å²) >= 11 is 1.63. The van der Waals surface area contributed by atoms with E-state index in [2.05, 4.69) is 44.7 Å². The van der Waals surface area contributed by atoms with Crippen LogP contribution >= 0.6 is 11.3 Å². The summed E-state index contributed by atoms with van der Waals surface area (Å²) in [5, 5.41) is 15.7. The van der Waals surface area contributed by atoms with Crippen molar-refractivity contribution in [2.24, 2.45) is 5.92 Å². The molecule has 1 saturated carbocycles. The Balaban J connectivity index is 1.05. The SMILES string of the molecule is O=C(CN1CCc2ccccc2C1)NCC1CCC(c2nnc(-c3ccsc3)o2)CC1. The van der Waals surface area contributed by atoms with Crippen LogP contribution in [0.5, 0.6) is 0 Å². The number of carbonyl (C=O) groups excluding carboxylic acids is 1. The van der Waals surface area contributed by atoms with Crippen molar-refractivity contribution in [1.82, 2.24) is 20.4 Å². The lowest BCUT2D eigenvalue weighted by atomic mass is 9.82. The number of nitrogens with one attached hydrogen (secondary N) is 1. The molecule has 7 heteroatoms. The van der Waals surface area contributed by atoms with Gasteiger partial charge in [0.15, 0.2) is 0 Å². The minimum absolute atomic E-state index is 0.138. The first kappa shape index (κ1) is 20.4. The molecule has 1 aliphatic heterocycles. The molecule has 0 spiro atoms. The summed E-state index contributed by atoms with van der Waals surface area (Å²) < 4.78 is 5.92. The number of fused-ring (bicyclic) bond motifs is 1. The van der Waals surface area contributed by atoms with Gasteiger partial charge in [0.25, 0.3) is 0 Å². The standard InChI is InChI=1S/C24H28N4O2S/c29-22(15-28-11-9-18-3-1-2-4-20(18)14-28)25-13-17-5-7-19(8-6-17)23-26-27-24(30-23)21-10-12-31-16-21/h1-4,10,12,16-17,19H,5-9,11,13-15H2,(H,25,29). The van der Waals surface area contributed by atoms with Crippen molar-refractivity contribution in [3.05, 3.63) is 58.1 Å². The molecule has 162 valence electrons. The van der Waals surface area contributed by atoms with Crippen LogP contribution in [0.3, 0.4) is 0 Å². The summed E-state index contributed by atoms with van der Waals surface area (Å²) in [5.41, 5.74) is 3.76. The molecular weight excluding hydrogens is 408 g/mol. The molecule has 1 aromatic carbocycles. The van der Waals surface area contributed by atoms with Crippen molar-refractivity contribution in [1.29, 1.82) is 0 Å². The van der Waals surface area contributed by atoms with E-state index in [0.29, 0.717) is 24.3 Å². The lowest BCUT2D eigenvalue weighted by Gasteiger charge is -2.29. The first-order chi connectivity index (χ1) is 15.2. The Bertz CT molecular complexity index is 1010. The van der Waals surface area contributed by atoms with E-state index >= 15 is 0 Å². The number of amides is 1. The van der Waals surface area contributed by atoms with Gasteiger partial charge in [0.2, 0.25) is 17.7 Å². The summed E-state index contributed by atoms with van der Waals surface area (Å²) in [6.07, 6.45) is 5.26. The van der Waals surface area contributed by atoms with Gasteiger partial charge in [0, 0.05) is 36.5 Å². The van der Waals surface area contributed by atoms with Gasteiger partial charge in [-0.15, -0.1) is 10.2 Å². The Morgan fingerprint density at radius 2 is 1.97 bits per heavy atom. The van der Waals surface area contributed by atoms with Gasteiger partial charge < -0.3 is 9.73 Å². The maximum atomic E-state index is 12.5. The van der Waals surface area contributed by atoms with Crippen LogP contribution in [0.15, 0.2) is 45.5 Å². The van der Waals surface area contributed by atoms with Crippen LogP contribution < -0.4 is 5.32 Å². The largest absolute Gasteiger partial charge is 0.420 e. The Labute approximate surface area is 186 Å². The Kier molecular flexibility index (Phi) is 6.13. The Morgan fingerprint density at radius 1 is 1.13 bits per heavy atom. The van der Waals surface area contributed by atoms with Crippen molar-refractivity contribution >= 4 is 17.2 Å². The smallest absolute Gasteiger partial charge is 0.248 e. The van der Waals surface area contributed by atoms with Gasteiger partial charge in [0.05, 0.1) is 6.54 Å². The van der Waals surface area contributed by atoms with Crippen molar-refractivity contribution in [3.8, 4) is 11.5 Å². The first-order valence-electron chi connectivity index (χ1n) is 11.2. The second kappa shape index (κ2) is 9.32. The molecule has 0 atom stereocenters. The van der Waals surface area contributed by atoms with Gasteiger partial charge in [-0.05, 0) is 60.6 Å². The van der Waals surface area contributed by atoms with Gasteiger partial charge in [-0.3, -0.25) is 9.69 Å². The van der Waals surface area contributed by atoms with Crippen LogP contribution in [0.2, 0.25) is 0 Å². The van der Waals surface area contributed by atoms with Crippen molar-refractivity contribution < 1.29 is 9.21 Å². The van der Waals surface area contributed by atoms with Gasteiger partial charge in [0.1, 0.15) is 0 Å². The third-order valence-electron chi connectivity index (χ3n) is 6.57. The van der Waals surface area contributed by atoms with E-state index in [-0.39, 0.29) is 5.91 Å². The first-order valence-corrected chi connectivity index (χ1v) is 12.1. The fourth-order valence-corrected chi connectivity index (χ4v) is 5.35. The van der Waals surface area contributed by atoms with Crippen LogP contribution in [0, 0.1) is 5.92 Å². The fourth-order valence-electron chi connectivity index (χ4n) is 4.72. The minimum Gasteiger partial charge on any atom is -0.420 e. The van der Waals surface area contributed by atoms with Crippen LogP contribution in [-0.2, 0) is 17.8 Å². The summed E-state index contributed by atoms with van der Waals surface area (Å²) in [7, 11) is 0. The molecule has 0 radical (unpaired) electrons. The molecule has 1 fully saturated rings. The van der Waals surface area contributed by atoms with E-state index in [1.807, 2.05) is 16.8 Å². The van der Waals surface area contributed by atoms with Gasteiger partial charge in [-0.1, -0.05) is 24.3 Å². The maximum Gasteiger partial charge on any atom is 0.248 e. The van der Waals surface area contributed by atoms with E-state index in [0.717, 1.165) is 63.2 Å². The second-order valence-corrected chi connectivity index (χ2v) is 9.49. The summed E-state index contributed by atoms with van der Waals surface area (Å²) in [6, 6.07) is 10.5. The number of aromatic nitrogens is 2. The second-order valence-electron chi connectivity index (χ2n) is 8.71. The van der Waals surface area contributed by atoms with E-state index in [9.17, 15) is 4.79 Å². The zero-order valence-corrected chi connectivity index (χ0v) is 18.4. The molecule has 2 aromatic heterocycles. The fraction of sp³-hybridized carbons (Fsp3) is 0.458. The van der Waals surface area contributed by atoms with E-state index in [1.54, 1.807) is 11.3 Å². The van der Waals surface area contributed by atoms with Crippen molar-refractivity contribution in [2.75, 3.05) is 19.6 Å². The molecule has 0 saturated heterocycles. The third-order valence-corrected chi connectivity index (χ3v) is 7.25. The van der Waals surface area contributed by atoms with E-state index in [4.69, 9.17) is 4.42 Å². The molecule has 2 aliphatic rings. The third kappa shape index (κ3) is 4.88. The molecule has 0 unspecified atom stereocenters.